The molecule has 0 unspecified atom stereocenters. The highest BCUT2D eigenvalue weighted by atomic mass is 16.2. The van der Waals surface area contributed by atoms with Gasteiger partial charge in [-0.25, -0.2) is 4.79 Å². The Balaban J connectivity index is 1.66. The second-order valence-corrected chi connectivity index (χ2v) is 5.63. The maximum atomic E-state index is 12.4. The monoisotopic (exact) mass is 284 g/mol. The van der Waals surface area contributed by atoms with Gasteiger partial charge in [0.25, 0.3) is 0 Å². The van der Waals surface area contributed by atoms with Crippen LogP contribution in [0.2, 0.25) is 0 Å². The van der Waals surface area contributed by atoms with Gasteiger partial charge in [-0.3, -0.25) is 5.10 Å². The number of nitrogens with one attached hydrogen (secondary N) is 2. The van der Waals surface area contributed by atoms with Gasteiger partial charge in [-0.05, 0) is 31.4 Å². The highest BCUT2D eigenvalue weighted by Crippen LogP contribution is 2.23. The molecule has 1 aliphatic rings. The molecule has 0 spiro atoms. The molecule has 0 radical (unpaired) electrons. The Kier molecular flexibility index (Phi) is 3.64. The summed E-state index contributed by atoms with van der Waals surface area (Å²) in [6.07, 6.45) is 2.67. The summed E-state index contributed by atoms with van der Waals surface area (Å²) in [4.78, 5) is 14.3. The predicted molar refractivity (Wildman–Crippen MR) is 80.7 cm³/mol. The molecule has 5 heteroatoms. The molecule has 2 heterocycles. The van der Waals surface area contributed by atoms with E-state index in [1.54, 1.807) is 6.20 Å². The van der Waals surface area contributed by atoms with Crippen LogP contribution in [0.25, 0.3) is 0 Å². The zero-order chi connectivity index (χ0) is 14.8. The van der Waals surface area contributed by atoms with Crippen molar-refractivity contribution < 1.29 is 4.79 Å². The van der Waals surface area contributed by atoms with Crippen molar-refractivity contribution >= 4 is 6.03 Å². The van der Waals surface area contributed by atoms with Gasteiger partial charge in [0.05, 0.1) is 6.20 Å². The quantitative estimate of drug-likeness (QED) is 0.889. The molecular weight excluding hydrogens is 264 g/mol. The molecule has 0 aliphatic carbocycles. The minimum Gasteiger partial charge on any atom is -0.334 e. The summed E-state index contributed by atoms with van der Waals surface area (Å²) in [7, 11) is 0. The number of hydrogen-bond donors (Lipinski definition) is 2. The van der Waals surface area contributed by atoms with Crippen molar-refractivity contribution in [2.24, 2.45) is 0 Å². The lowest BCUT2D eigenvalue weighted by Gasteiger charge is -2.34. The van der Waals surface area contributed by atoms with Crippen LogP contribution in [-0.4, -0.2) is 27.2 Å². The van der Waals surface area contributed by atoms with E-state index in [1.807, 2.05) is 17.9 Å². The number of aromatic amines is 1. The largest absolute Gasteiger partial charge is 0.334 e. The number of carbonyl (C=O) groups is 1. The summed E-state index contributed by atoms with van der Waals surface area (Å²) < 4.78 is 0. The van der Waals surface area contributed by atoms with Crippen molar-refractivity contribution in [3.8, 4) is 0 Å². The number of rotatable bonds is 2. The van der Waals surface area contributed by atoms with Crippen molar-refractivity contribution in [1.82, 2.24) is 20.4 Å². The van der Waals surface area contributed by atoms with E-state index < -0.39 is 0 Å². The highest BCUT2D eigenvalue weighted by Gasteiger charge is 2.26. The van der Waals surface area contributed by atoms with Crippen LogP contribution in [-0.2, 0) is 19.5 Å². The summed E-state index contributed by atoms with van der Waals surface area (Å²) >= 11 is 0. The number of aryl methyl sites for hydroxylation is 1. The van der Waals surface area contributed by atoms with E-state index >= 15 is 0 Å². The molecule has 110 valence electrons. The zero-order valence-corrected chi connectivity index (χ0v) is 12.4. The predicted octanol–water partition coefficient (Wildman–Crippen LogP) is 2.37. The number of aromatic nitrogens is 2. The first-order valence-corrected chi connectivity index (χ1v) is 7.25. The molecule has 2 N–H and O–H groups in total. The van der Waals surface area contributed by atoms with Gasteiger partial charge in [0, 0.05) is 30.4 Å². The van der Waals surface area contributed by atoms with E-state index in [2.05, 4.69) is 40.6 Å². The van der Waals surface area contributed by atoms with E-state index in [-0.39, 0.29) is 12.1 Å². The number of H-pyrrole nitrogens is 1. The molecule has 2 aromatic rings. The molecule has 1 aromatic carbocycles. The summed E-state index contributed by atoms with van der Waals surface area (Å²) in [5.74, 6) is 0. The zero-order valence-electron chi connectivity index (χ0n) is 12.4. The molecule has 2 amide bonds. The van der Waals surface area contributed by atoms with E-state index in [1.165, 1.54) is 11.1 Å². The Morgan fingerprint density at radius 3 is 2.90 bits per heavy atom. The second kappa shape index (κ2) is 5.60. The summed E-state index contributed by atoms with van der Waals surface area (Å²) in [6.45, 7) is 5.23. The Labute approximate surface area is 124 Å². The first kappa shape index (κ1) is 13.7. The number of urea groups is 1. The third-order valence-electron chi connectivity index (χ3n) is 4.13. The molecule has 0 bridgehead atoms. The fraction of sp³-hybridized carbons (Fsp3) is 0.375. The highest BCUT2D eigenvalue weighted by molar-refractivity contribution is 5.75. The van der Waals surface area contributed by atoms with Crippen LogP contribution in [0.4, 0.5) is 4.79 Å². The number of amides is 2. The van der Waals surface area contributed by atoms with Gasteiger partial charge in [-0.2, -0.15) is 5.10 Å². The number of carbonyl (C=O) groups excluding carboxylic acids is 1. The van der Waals surface area contributed by atoms with Gasteiger partial charge in [-0.1, -0.05) is 24.3 Å². The number of nitrogens with zero attached hydrogens (tertiary/aromatic N) is 2. The van der Waals surface area contributed by atoms with E-state index in [4.69, 9.17) is 0 Å². The minimum atomic E-state index is -0.0161. The van der Waals surface area contributed by atoms with Crippen LogP contribution in [0.5, 0.6) is 0 Å². The summed E-state index contributed by atoms with van der Waals surface area (Å²) in [5.41, 5.74) is 4.60. The van der Waals surface area contributed by atoms with E-state index in [9.17, 15) is 4.79 Å². The summed E-state index contributed by atoms with van der Waals surface area (Å²) in [5, 5.41) is 9.83. The maximum Gasteiger partial charge on any atom is 0.318 e. The van der Waals surface area contributed by atoms with Gasteiger partial charge < -0.3 is 10.2 Å². The Morgan fingerprint density at radius 2 is 2.19 bits per heavy atom. The van der Waals surface area contributed by atoms with Crippen LogP contribution >= 0.6 is 0 Å². The third-order valence-corrected chi connectivity index (χ3v) is 4.13. The molecular formula is C16H20N4O. The second-order valence-electron chi connectivity index (χ2n) is 5.63. The Bertz CT molecular complexity index is 649. The lowest BCUT2D eigenvalue weighted by atomic mass is 9.95. The topological polar surface area (TPSA) is 61.0 Å². The summed E-state index contributed by atoms with van der Waals surface area (Å²) in [6, 6.07) is 8.53. The van der Waals surface area contributed by atoms with Crippen LogP contribution in [0, 0.1) is 6.92 Å². The number of hydrogen-bond acceptors (Lipinski definition) is 2. The van der Waals surface area contributed by atoms with Gasteiger partial charge in [0.15, 0.2) is 0 Å². The van der Waals surface area contributed by atoms with Crippen molar-refractivity contribution in [2.75, 3.05) is 0 Å². The first-order valence-electron chi connectivity index (χ1n) is 7.25. The SMILES string of the molecule is Cc1[nH]ncc1CNC(=O)N1Cc2ccccc2C[C@@H]1C. The fourth-order valence-corrected chi connectivity index (χ4v) is 2.78. The van der Waals surface area contributed by atoms with E-state index in [0.717, 1.165) is 17.7 Å². The number of benzene rings is 1. The number of fused-ring (bicyclic) bond motifs is 1. The maximum absolute atomic E-state index is 12.4. The van der Waals surface area contributed by atoms with Crippen molar-refractivity contribution in [3.63, 3.8) is 0 Å². The molecule has 21 heavy (non-hydrogen) atoms. The lowest BCUT2D eigenvalue weighted by molar-refractivity contribution is 0.168. The van der Waals surface area contributed by atoms with Crippen molar-refractivity contribution in [2.45, 2.75) is 39.4 Å². The average Bonchev–Trinajstić information content (AvgIpc) is 2.89. The smallest absolute Gasteiger partial charge is 0.318 e. The van der Waals surface area contributed by atoms with Crippen molar-refractivity contribution in [3.05, 3.63) is 52.8 Å². The first-order chi connectivity index (χ1) is 10.1. The molecule has 0 fully saturated rings. The van der Waals surface area contributed by atoms with Crippen LogP contribution in [0.3, 0.4) is 0 Å². The molecule has 1 atom stereocenters. The average molecular weight is 284 g/mol. The van der Waals surface area contributed by atoms with Crippen LogP contribution < -0.4 is 5.32 Å². The van der Waals surface area contributed by atoms with Crippen LogP contribution in [0.1, 0.15) is 29.3 Å². The molecule has 3 rings (SSSR count). The van der Waals surface area contributed by atoms with Gasteiger partial charge in [-0.15, -0.1) is 0 Å². The molecule has 5 nitrogen and oxygen atoms in total. The van der Waals surface area contributed by atoms with Gasteiger partial charge in [0.2, 0.25) is 0 Å². The van der Waals surface area contributed by atoms with E-state index in [0.29, 0.717) is 13.1 Å². The lowest BCUT2D eigenvalue weighted by Crippen LogP contribution is -2.47. The van der Waals surface area contributed by atoms with Gasteiger partial charge in [0.1, 0.15) is 0 Å². The third kappa shape index (κ3) is 2.77. The molecule has 0 saturated heterocycles. The normalized spacial score (nSPS) is 17.4. The van der Waals surface area contributed by atoms with Crippen LogP contribution in [0.15, 0.2) is 30.5 Å². The Morgan fingerprint density at radius 1 is 1.43 bits per heavy atom. The fourth-order valence-electron chi connectivity index (χ4n) is 2.78. The standard InChI is InChI=1S/C16H20N4O/c1-11-7-13-5-3-4-6-14(13)10-20(11)16(21)17-8-15-9-18-19-12(15)2/h3-6,9,11H,7-8,10H2,1-2H3,(H,17,21)(H,18,19)/t11-/m0/s1. The molecule has 0 saturated carbocycles. The molecule has 1 aromatic heterocycles. The minimum absolute atomic E-state index is 0.0161. The Hall–Kier alpha value is -2.30. The van der Waals surface area contributed by atoms with Gasteiger partial charge >= 0.3 is 6.03 Å². The molecule has 1 aliphatic heterocycles. The van der Waals surface area contributed by atoms with Crippen molar-refractivity contribution in [1.29, 1.82) is 0 Å².